The summed E-state index contributed by atoms with van der Waals surface area (Å²) in [6.45, 7) is 2.64. The van der Waals surface area contributed by atoms with E-state index in [0.29, 0.717) is 12.5 Å². The van der Waals surface area contributed by atoms with E-state index in [1.807, 2.05) is 6.92 Å². The van der Waals surface area contributed by atoms with Crippen LogP contribution in [0.1, 0.15) is 31.7 Å². The highest BCUT2D eigenvalue weighted by Crippen LogP contribution is 2.31. The molecular formula is C12H20N4O. The fourth-order valence-corrected chi connectivity index (χ4v) is 2.57. The van der Waals surface area contributed by atoms with Crippen molar-refractivity contribution in [2.75, 3.05) is 11.9 Å². The molecule has 0 aliphatic heterocycles. The number of nitrogens with two attached hydrogens (primary N) is 1. The van der Waals surface area contributed by atoms with Crippen LogP contribution in [0.5, 0.6) is 0 Å². The quantitative estimate of drug-likeness (QED) is 0.736. The Labute approximate surface area is 101 Å². The molecule has 2 rings (SSSR count). The summed E-state index contributed by atoms with van der Waals surface area (Å²) < 4.78 is 0. The van der Waals surface area contributed by atoms with Gasteiger partial charge in [-0.2, -0.15) is 5.10 Å². The molecule has 1 amide bonds. The molecule has 0 radical (unpaired) electrons. The maximum absolute atomic E-state index is 12.1. The molecule has 1 heterocycles. The van der Waals surface area contributed by atoms with Gasteiger partial charge in [0.25, 0.3) is 0 Å². The van der Waals surface area contributed by atoms with Gasteiger partial charge in [0.15, 0.2) is 0 Å². The third-order valence-electron chi connectivity index (χ3n) is 3.65. The van der Waals surface area contributed by atoms with E-state index in [0.717, 1.165) is 37.1 Å². The van der Waals surface area contributed by atoms with Crippen molar-refractivity contribution in [1.82, 2.24) is 10.2 Å². The molecule has 2 atom stereocenters. The maximum Gasteiger partial charge on any atom is 0.228 e. The molecule has 4 N–H and O–H groups in total. The molecule has 17 heavy (non-hydrogen) atoms. The number of anilines is 1. The van der Waals surface area contributed by atoms with E-state index in [2.05, 4.69) is 15.5 Å². The average molecular weight is 236 g/mol. The predicted octanol–water partition coefficient (Wildman–Crippen LogP) is 1.29. The van der Waals surface area contributed by atoms with Gasteiger partial charge in [0.1, 0.15) is 5.82 Å². The summed E-state index contributed by atoms with van der Waals surface area (Å²) >= 11 is 0. The van der Waals surface area contributed by atoms with Gasteiger partial charge in [0, 0.05) is 11.5 Å². The molecule has 5 nitrogen and oxygen atoms in total. The Morgan fingerprint density at radius 3 is 3.18 bits per heavy atom. The van der Waals surface area contributed by atoms with Gasteiger partial charge in [-0.25, -0.2) is 0 Å². The standard InChI is InChI=1S/C12H20N4O/c1-2-8-7-14-16-11(8)15-12(17)10-5-3-4-9(10)6-13/h7,9-10H,2-6,13H2,1H3,(H2,14,15,16,17). The van der Waals surface area contributed by atoms with Crippen LogP contribution in [0.25, 0.3) is 0 Å². The Hall–Kier alpha value is -1.36. The van der Waals surface area contributed by atoms with Crippen molar-refractivity contribution in [3.05, 3.63) is 11.8 Å². The highest BCUT2D eigenvalue weighted by atomic mass is 16.2. The second-order valence-electron chi connectivity index (χ2n) is 4.65. The first-order valence-electron chi connectivity index (χ1n) is 6.29. The lowest BCUT2D eigenvalue weighted by molar-refractivity contribution is -0.120. The molecule has 1 aliphatic rings. The van der Waals surface area contributed by atoms with Crippen molar-refractivity contribution < 1.29 is 4.79 Å². The summed E-state index contributed by atoms with van der Waals surface area (Å²) in [5.41, 5.74) is 6.73. The molecule has 0 saturated heterocycles. The zero-order valence-electron chi connectivity index (χ0n) is 10.2. The van der Waals surface area contributed by atoms with Gasteiger partial charge < -0.3 is 11.1 Å². The number of nitrogens with zero attached hydrogens (tertiary/aromatic N) is 1. The second kappa shape index (κ2) is 5.31. The molecular weight excluding hydrogens is 216 g/mol. The first-order valence-corrected chi connectivity index (χ1v) is 6.29. The highest BCUT2D eigenvalue weighted by Gasteiger charge is 2.32. The Morgan fingerprint density at radius 2 is 2.47 bits per heavy atom. The van der Waals surface area contributed by atoms with Gasteiger partial charge in [0.05, 0.1) is 6.20 Å². The second-order valence-corrected chi connectivity index (χ2v) is 4.65. The van der Waals surface area contributed by atoms with Crippen LogP contribution in [0.15, 0.2) is 6.20 Å². The SMILES string of the molecule is CCc1cn[nH]c1NC(=O)C1CCCC1CN. The lowest BCUT2D eigenvalue weighted by atomic mass is 9.95. The van der Waals surface area contributed by atoms with Gasteiger partial charge >= 0.3 is 0 Å². The molecule has 94 valence electrons. The largest absolute Gasteiger partial charge is 0.330 e. The van der Waals surface area contributed by atoms with Crippen LogP contribution in [-0.2, 0) is 11.2 Å². The van der Waals surface area contributed by atoms with E-state index >= 15 is 0 Å². The zero-order valence-corrected chi connectivity index (χ0v) is 10.2. The monoisotopic (exact) mass is 236 g/mol. The van der Waals surface area contributed by atoms with Crippen LogP contribution in [0, 0.1) is 11.8 Å². The summed E-state index contributed by atoms with van der Waals surface area (Å²) in [6.07, 6.45) is 5.73. The van der Waals surface area contributed by atoms with E-state index in [1.165, 1.54) is 0 Å². The molecule has 2 unspecified atom stereocenters. The Balaban J connectivity index is 2.01. The summed E-state index contributed by atoms with van der Waals surface area (Å²) in [6, 6.07) is 0. The van der Waals surface area contributed by atoms with Gasteiger partial charge in [-0.05, 0) is 31.7 Å². The first kappa shape index (κ1) is 12.1. The van der Waals surface area contributed by atoms with Crippen LogP contribution in [-0.4, -0.2) is 22.6 Å². The molecule has 1 aliphatic carbocycles. The van der Waals surface area contributed by atoms with Gasteiger partial charge in [0.2, 0.25) is 5.91 Å². The van der Waals surface area contributed by atoms with Crippen molar-refractivity contribution in [3.63, 3.8) is 0 Å². The van der Waals surface area contributed by atoms with Crippen molar-refractivity contribution >= 4 is 11.7 Å². The number of carbonyl (C=O) groups is 1. The number of rotatable bonds is 4. The highest BCUT2D eigenvalue weighted by molar-refractivity contribution is 5.92. The zero-order chi connectivity index (χ0) is 12.3. The molecule has 1 aromatic rings. The van der Waals surface area contributed by atoms with Crippen LogP contribution >= 0.6 is 0 Å². The molecule has 1 aromatic heterocycles. The van der Waals surface area contributed by atoms with Gasteiger partial charge in [-0.1, -0.05) is 13.3 Å². The van der Waals surface area contributed by atoms with E-state index < -0.39 is 0 Å². The summed E-state index contributed by atoms with van der Waals surface area (Å²) in [5, 5.41) is 9.71. The molecule has 5 heteroatoms. The van der Waals surface area contributed by atoms with Crippen LogP contribution in [0.3, 0.4) is 0 Å². The normalized spacial score (nSPS) is 23.9. The maximum atomic E-state index is 12.1. The summed E-state index contributed by atoms with van der Waals surface area (Å²) in [7, 11) is 0. The van der Waals surface area contributed by atoms with Gasteiger partial charge in [-0.15, -0.1) is 0 Å². The van der Waals surface area contributed by atoms with Crippen molar-refractivity contribution in [2.24, 2.45) is 17.6 Å². The van der Waals surface area contributed by atoms with Crippen LogP contribution in [0.2, 0.25) is 0 Å². The number of aromatic nitrogens is 2. The van der Waals surface area contributed by atoms with Gasteiger partial charge in [-0.3, -0.25) is 9.89 Å². The van der Waals surface area contributed by atoms with Crippen molar-refractivity contribution in [3.8, 4) is 0 Å². The number of hydrogen-bond donors (Lipinski definition) is 3. The smallest absolute Gasteiger partial charge is 0.228 e. The minimum absolute atomic E-state index is 0.0630. The van der Waals surface area contributed by atoms with Crippen LogP contribution < -0.4 is 11.1 Å². The Bertz CT molecular complexity index is 388. The average Bonchev–Trinajstić information content (AvgIpc) is 2.96. The lowest BCUT2D eigenvalue weighted by Gasteiger charge is -2.17. The molecule has 0 aromatic carbocycles. The number of aromatic amines is 1. The summed E-state index contributed by atoms with van der Waals surface area (Å²) in [4.78, 5) is 12.1. The molecule has 1 fully saturated rings. The van der Waals surface area contributed by atoms with Crippen molar-refractivity contribution in [1.29, 1.82) is 0 Å². The molecule has 0 bridgehead atoms. The van der Waals surface area contributed by atoms with E-state index in [9.17, 15) is 4.79 Å². The number of hydrogen-bond acceptors (Lipinski definition) is 3. The number of carbonyl (C=O) groups excluding carboxylic acids is 1. The van der Waals surface area contributed by atoms with E-state index in [1.54, 1.807) is 6.20 Å². The third-order valence-corrected chi connectivity index (χ3v) is 3.65. The first-order chi connectivity index (χ1) is 8.26. The fraction of sp³-hybridized carbons (Fsp3) is 0.667. The van der Waals surface area contributed by atoms with Crippen molar-refractivity contribution in [2.45, 2.75) is 32.6 Å². The lowest BCUT2D eigenvalue weighted by Crippen LogP contribution is -2.30. The number of nitrogens with one attached hydrogen (secondary N) is 2. The molecule has 0 spiro atoms. The third kappa shape index (κ3) is 2.49. The minimum atomic E-state index is 0.0630. The predicted molar refractivity (Wildman–Crippen MR) is 66.5 cm³/mol. The van der Waals surface area contributed by atoms with Crippen LogP contribution in [0.4, 0.5) is 5.82 Å². The Morgan fingerprint density at radius 1 is 1.65 bits per heavy atom. The van der Waals surface area contributed by atoms with E-state index in [-0.39, 0.29) is 11.8 Å². The van der Waals surface area contributed by atoms with E-state index in [4.69, 9.17) is 5.73 Å². The summed E-state index contributed by atoms with van der Waals surface area (Å²) in [5.74, 6) is 1.22. The molecule has 1 saturated carbocycles. The number of H-pyrrole nitrogens is 1. The Kier molecular flexibility index (Phi) is 3.78. The minimum Gasteiger partial charge on any atom is -0.330 e. The topological polar surface area (TPSA) is 83.8 Å². The number of amides is 1. The fourth-order valence-electron chi connectivity index (χ4n) is 2.57. The number of aryl methyl sites for hydroxylation is 1.